The minimum absolute atomic E-state index is 0.00188. The maximum Gasteiger partial charge on any atom is 0.144 e. The summed E-state index contributed by atoms with van der Waals surface area (Å²) in [5.41, 5.74) is 0.558. The van der Waals surface area contributed by atoms with E-state index in [4.69, 9.17) is 11.6 Å². The molecule has 0 N–H and O–H groups in total. The molecular weight excluding hydrogens is 215 g/mol. The van der Waals surface area contributed by atoms with Crippen LogP contribution in [-0.4, -0.2) is 5.78 Å². The zero-order chi connectivity index (χ0) is 10.8. The van der Waals surface area contributed by atoms with Gasteiger partial charge in [0.25, 0.3) is 0 Å². The van der Waals surface area contributed by atoms with Crippen LogP contribution >= 0.6 is 11.6 Å². The highest BCUT2D eigenvalue weighted by atomic mass is 35.5. The van der Waals surface area contributed by atoms with Gasteiger partial charge in [-0.25, -0.2) is 4.39 Å². The van der Waals surface area contributed by atoms with Crippen LogP contribution in [0.15, 0.2) is 18.2 Å². The summed E-state index contributed by atoms with van der Waals surface area (Å²) in [5.74, 6) is -0.119. The molecular formula is C12H12ClFO. The van der Waals surface area contributed by atoms with Crippen LogP contribution in [0.1, 0.15) is 24.8 Å². The largest absolute Gasteiger partial charge is 0.299 e. The Hall–Kier alpha value is -0.890. The van der Waals surface area contributed by atoms with E-state index in [1.807, 2.05) is 0 Å². The minimum atomic E-state index is -0.376. The van der Waals surface area contributed by atoms with Gasteiger partial charge in [0.15, 0.2) is 0 Å². The van der Waals surface area contributed by atoms with Gasteiger partial charge in [-0.2, -0.15) is 0 Å². The number of Topliss-reactive ketones (excluding diaryl/α,β-unsaturated/α-hetero) is 1. The molecule has 0 bridgehead atoms. The third-order valence-electron chi connectivity index (χ3n) is 2.93. The molecule has 0 aromatic heterocycles. The van der Waals surface area contributed by atoms with Gasteiger partial charge in [-0.3, -0.25) is 4.79 Å². The van der Waals surface area contributed by atoms with Gasteiger partial charge in [-0.15, -0.1) is 0 Å². The van der Waals surface area contributed by atoms with Crippen LogP contribution in [0.5, 0.6) is 0 Å². The number of hydrogen-bond acceptors (Lipinski definition) is 1. The van der Waals surface area contributed by atoms with E-state index in [-0.39, 0.29) is 22.5 Å². The van der Waals surface area contributed by atoms with E-state index in [0.717, 1.165) is 12.8 Å². The monoisotopic (exact) mass is 226 g/mol. The van der Waals surface area contributed by atoms with E-state index < -0.39 is 0 Å². The number of carbonyl (C=O) groups excluding carboxylic acids is 1. The Bertz CT molecular complexity index is 389. The molecule has 80 valence electrons. The number of carbonyl (C=O) groups is 1. The topological polar surface area (TPSA) is 17.1 Å². The first-order valence-corrected chi connectivity index (χ1v) is 5.52. The van der Waals surface area contributed by atoms with Gasteiger partial charge in [0, 0.05) is 12.3 Å². The lowest BCUT2D eigenvalue weighted by Crippen LogP contribution is -2.10. The molecule has 1 unspecified atom stereocenters. The van der Waals surface area contributed by atoms with Crippen LogP contribution in [-0.2, 0) is 11.2 Å². The Morgan fingerprint density at radius 2 is 2.27 bits per heavy atom. The fourth-order valence-corrected chi connectivity index (χ4v) is 2.27. The Kier molecular flexibility index (Phi) is 3.06. The first kappa shape index (κ1) is 10.6. The van der Waals surface area contributed by atoms with Crippen molar-refractivity contribution in [3.05, 3.63) is 34.6 Å². The molecule has 0 heterocycles. The van der Waals surface area contributed by atoms with Gasteiger partial charge in [-0.1, -0.05) is 23.7 Å². The van der Waals surface area contributed by atoms with Gasteiger partial charge >= 0.3 is 0 Å². The van der Waals surface area contributed by atoms with Crippen LogP contribution in [0.3, 0.4) is 0 Å². The Morgan fingerprint density at radius 3 is 2.93 bits per heavy atom. The smallest absolute Gasteiger partial charge is 0.144 e. The molecule has 0 amide bonds. The van der Waals surface area contributed by atoms with Crippen molar-refractivity contribution in [3.63, 3.8) is 0 Å². The molecule has 1 aliphatic carbocycles. The molecule has 1 fully saturated rings. The van der Waals surface area contributed by atoms with Gasteiger partial charge in [0.1, 0.15) is 11.6 Å². The maximum absolute atomic E-state index is 13.5. The summed E-state index contributed by atoms with van der Waals surface area (Å²) in [6.45, 7) is 0. The van der Waals surface area contributed by atoms with Crippen molar-refractivity contribution in [1.29, 1.82) is 0 Å². The van der Waals surface area contributed by atoms with Crippen LogP contribution < -0.4 is 0 Å². The third-order valence-corrected chi connectivity index (χ3v) is 3.22. The number of benzene rings is 1. The predicted octanol–water partition coefficient (Wildman–Crippen LogP) is 3.39. The fraction of sp³-hybridized carbons (Fsp3) is 0.417. The average Bonchev–Trinajstić information content (AvgIpc) is 2.60. The summed E-state index contributed by atoms with van der Waals surface area (Å²) in [5, 5.41) is 0.137. The first-order valence-electron chi connectivity index (χ1n) is 5.14. The van der Waals surface area contributed by atoms with Gasteiger partial charge in [-0.05, 0) is 30.9 Å². The highest BCUT2D eigenvalue weighted by molar-refractivity contribution is 6.30. The van der Waals surface area contributed by atoms with Crippen LogP contribution in [0.4, 0.5) is 4.39 Å². The third kappa shape index (κ3) is 2.20. The van der Waals surface area contributed by atoms with Gasteiger partial charge in [0.2, 0.25) is 0 Å². The standard InChI is InChI=1S/C12H12ClFO/c13-10-5-1-4-9(12(10)14)7-8-3-2-6-11(8)15/h1,4-5,8H,2-3,6-7H2. The molecule has 1 aromatic rings. The Morgan fingerprint density at radius 1 is 1.47 bits per heavy atom. The molecule has 1 saturated carbocycles. The minimum Gasteiger partial charge on any atom is -0.299 e. The highest BCUT2D eigenvalue weighted by Gasteiger charge is 2.25. The fourth-order valence-electron chi connectivity index (χ4n) is 2.08. The van der Waals surface area contributed by atoms with Gasteiger partial charge in [0.05, 0.1) is 5.02 Å². The van der Waals surface area contributed by atoms with E-state index in [1.165, 1.54) is 6.07 Å². The SMILES string of the molecule is O=C1CCCC1Cc1cccc(Cl)c1F. The number of ketones is 1. The normalized spacial score (nSPS) is 20.9. The second-order valence-electron chi connectivity index (χ2n) is 3.97. The van der Waals surface area contributed by atoms with Crippen LogP contribution in [0.25, 0.3) is 0 Å². The molecule has 3 heteroatoms. The summed E-state index contributed by atoms with van der Waals surface area (Å²) in [6, 6.07) is 4.95. The lowest BCUT2D eigenvalue weighted by molar-refractivity contribution is -0.120. The number of halogens is 2. The van der Waals surface area contributed by atoms with E-state index in [9.17, 15) is 9.18 Å². The Labute approximate surface area is 93.2 Å². The summed E-state index contributed by atoms with van der Waals surface area (Å²) in [7, 11) is 0. The van der Waals surface area contributed by atoms with Crippen molar-refractivity contribution < 1.29 is 9.18 Å². The van der Waals surface area contributed by atoms with Crippen molar-refractivity contribution in [2.45, 2.75) is 25.7 Å². The zero-order valence-electron chi connectivity index (χ0n) is 8.30. The van der Waals surface area contributed by atoms with E-state index in [0.29, 0.717) is 18.4 Å². The van der Waals surface area contributed by atoms with Crippen molar-refractivity contribution in [2.75, 3.05) is 0 Å². The summed E-state index contributed by atoms with van der Waals surface area (Å²) in [4.78, 5) is 11.4. The molecule has 1 aromatic carbocycles. The quantitative estimate of drug-likeness (QED) is 0.756. The van der Waals surface area contributed by atoms with Crippen molar-refractivity contribution in [1.82, 2.24) is 0 Å². The predicted molar refractivity (Wildman–Crippen MR) is 57.5 cm³/mol. The molecule has 0 spiro atoms. The number of hydrogen-bond donors (Lipinski definition) is 0. The zero-order valence-corrected chi connectivity index (χ0v) is 9.06. The molecule has 1 aliphatic rings. The van der Waals surface area contributed by atoms with Crippen molar-refractivity contribution >= 4 is 17.4 Å². The Balaban J connectivity index is 2.17. The number of rotatable bonds is 2. The van der Waals surface area contributed by atoms with E-state index in [2.05, 4.69) is 0 Å². The van der Waals surface area contributed by atoms with Crippen LogP contribution in [0, 0.1) is 11.7 Å². The average molecular weight is 227 g/mol. The van der Waals surface area contributed by atoms with E-state index >= 15 is 0 Å². The second-order valence-corrected chi connectivity index (χ2v) is 4.38. The lowest BCUT2D eigenvalue weighted by atomic mass is 9.97. The molecule has 15 heavy (non-hydrogen) atoms. The molecule has 0 radical (unpaired) electrons. The van der Waals surface area contributed by atoms with Crippen molar-refractivity contribution in [3.8, 4) is 0 Å². The molecule has 2 rings (SSSR count). The van der Waals surface area contributed by atoms with Crippen molar-refractivity contribution in [2.24, 2.45) is 5.92 Å². The summed E-state index contributed by atoms with van der Waals surface area (Å²) >= 11 is 5.68. The highest BCUT2D eigenvalue weighted by Crippen LogP contribution is 2.27. The molecule has 1 nitrogen and oxygen atoms in total. The van der Waals surface area contributed by atoms with Crippen LogP contribution in [0.2, 0.25) is 5.02 Å². The van der Waals surface area contributed by atoms with E-state index in [1.54, 1.807) is 12.1 Å². The first-order chi connectivity index (χ1) is 7.18. The lowest BCUT2D eigenvalue weighted by Gasteiger charge is -2.09. The molecule has 0 aliphatic heterocycles. The summed E-state index contributed by atoms with van der Waals surface area (Å²) < 4.78 is 13.5. The summed E-state index contributed by atoms with van der Waals surface area (Å²) in [6.07, 6.45) is 2.95. The molecule has 1 atom stereocenters. The molecule has 0 saturated heterocycles. The maximum atomic E-state index is 13.5. The second kappa shape index (κ2) is 4.31. The van der Waals surface area contributed by atoms with Gasteiger partial charge < -0.3 is 0 Å².